The van der Waals surface area contributed by atoms with Crippen molar-refractivity contribution in [3.8, 4) is 5.75 Å². The number of amides is 2. The highest BCUT2D eigenvalue weighted by Crippen LogP contribution is 2.12. The Hall–Kier alpha value is -1.79. The molecule has 136 valence electrons. The minimum absolute atomic E-state index is 0. The molecule has 0 aromatic heterocycles. The molecular weight excluding hydrogens is 330 g/mol. The number of rotatable bonds is 9. The molecule has 0 bridgehead atoms. The van der Waals surface area contributed by atoms with E-state index in [1.807, 2.05) is 27.8 Å². The number of carbonyl (C=O) groups excluding carboxylic acids is 2. The van der Waals surface area contributed by atoms with E-state index in [-0.39, 0.29) is 30.1 Å². The van der Waals surface area contributed by atoms with Crippen LogP contribution in [0.1, 0.15) is 31.1 Å². The normalized spacial score (nSPS) is 11.4. The third-order valence-corrected chi connectivity index (χ3v) is 3.34. The van der Waals surface area contributed by atoms with Gasteiger partial charge in [-0.2, -0.15) is 0 Å². The van der Waals surface area contributed by atoms with E-state index in [2.05, 4.69) is 16.0 Å². The van der Waals surface area contributed by atoms with Gasteiger partial charge in [-0.3, -0.25) is 9.59 Å². The average molecular weight is 358 g/mol. The first kappa shape index (κ1) is 22.2. The molecule has 1 unspecified atom stereocenters. The number of benzene rings is 1. The molecule has 0 radical (unpaired) electrons. The van der Waals surface area contributed by atoms with Gasteiger partial charge >= 0.3 is 0 Å². The molecule has 0 heterocycles. The molecule has 0 aliphatic heterocycles. The van der Waals surface area contributed by atoms with Crippen LogP contribution in [0.2, 0.25) is 0 Å². The summed E-state index contributed by atoms with van der Waals surface area (Å²) < 4.78 is 5.35. The highest BCUT2D eigenvalue weighted by atomic mass is 35.5. The summed E-state index contributed by atoms with van der Waals surface area (Å²) >= 11 is 0. The predicted octanol–water partition coefficient (Wildman–Crippen LogP) is 1.60. The van der Waals surface area contributed by atoms with E-state index in [0.717, 1.165) is 0 Å². The van der Waals surface area contributed by atoms with Gasteiger partial charge in [0.1, 0.15) is 11.8 Å². The molecule has 0 fully saturated rings. The molecule has 0 spiro atoms. The maximum Gasteiger partial charge on any atom is 0.251 e. The fraction of sp³-hybridized carbons (Fsp3) is 0.529. The number of nitrogens with one attached hydrogen (secondary N) is 3. The Balaban J connectivity index is 0.00000529. The van der Waals surface area contributed by atoms with E-state index in [9.17, 15) is 9.59 Å². The molecule has 0 saturated heterocycles. The second kappa shape index (κ2) is 11.7. The van der Waals surface area contributed by atoms with E-state index in [0.29, 0.717) is 31.0 Å². The quantitative estimate of drug-likeness (QED) is 0.586. The minimum Gasteiger partial charge on any atom is -0.494 e. The van der Waals surface area contributed by atoms with Crippen molar-refractivity contribution in [3.05, 3.63) is 29.8 Å². The van der Waals surface area contributed by atoms with Gasteiger partial charge in [0, 0.05) is 18.7 Å². The summed E-state index contributed by atoms with van der Waals surface area (Å²) in [6.07, 6.45) is 0. The van der Waals surface area contributed by atoms with Gasteiger partial charge in [0.05, 0.1) is 6.61 Å². The van der Waals surface area contributed by atoms with E-state index in [4.69, 9.17) is 4.74 Å². The maximum atomic E-state index is 12.3. The van der Waals surface area contributed by atoms with Crippen molar-refractivity contribution in [2.45, 2.75) is 26.8 Å². The van der Waals surface area contributed by atoms with E-state index in [1.165, 1.54) is 0 Å². The van der Waals surface area contributed by atoms with Gasteiger partial charge in [0.25, 0.3) is 5.91 Å². The lowest BCUT2D eigenvalue weighted by molar-refractivity contribution is -0.123. The summed E-state index contributed by atoms with van der Waals surface area (Å²) in [4.78, 5) is 24.5. The average Bonchev–Trinajstić information content (AvgIpc) is 2.53. The van der Waals surface area contributed by atoms with Crippen molar-refractivity contribution in [1.29, 1.82) is 0 Å². The van der Waals surface area contributed by atoms with Crippen molar-refractivity contribution in [2.75, 3.05) is 26.7 Å². The largest absolute Gasteiger partial charge is 0.494 e. The Labute approximate surface area is 150 Å². The Bertz CT molecular complexity index is 506. The highest BCUT2D eigenvalue weighted by molar-refractivity contribution is 5.97. The fourth-order valence-electron chi connectivity index (χ4n) is 2.05. The van der Waals surface area contributed by atoms with Gasteiger partial charge in [0.15, 0.2) is 0 Å². The van der Waals surface area contributed by atoms with Gasteiger partial charge in [-0.15, -0.1) is 12.4 Å². The van der Waals surface area contributed by atoms with Crippen molar-refractivity contribution in [2.24, 2.45) is 5.92 Å². The molecule has 7 heteroatoms. The summed E-state index contributed by atoms with van der Waals surface area (Å²) in [5.41, 5.74) is 0.502. The summed E-state index contributed by atoms with van der Waals surface area (Å²) in [7, 11) is 1.82. The minimum atomic E-state index is -0.564. The zero-order chi connectivity index (χ0) is 17.2. The van der Waals surface area contributed by atoms with Crippen LogP contribution in [0, 0.1) is 5.92 Å². The van der Waals surface area contributed by atoms with Crippen molar-refractivity contribution < 1.29 is 14.3 Å². The van der Waals surface area contributed by atoms with Gasteiger partial charge in [-0.05, 0) is 44.2 Å². The monoisotopic (exact) mass is 357 g/mol. The number of carbonyl (C=O) groups is 2. The summed E-state index contributed by atoms with van der Waals surface area (Å²) in [6.45, 7) is 7.50. The lowest BCUT2D eigenvalue weighted by atomic mass is 10.0. The van der Waals surface area contributed by atoms with Crippen LogP contribution in [-0.4, -0.2) is 44.6 Å². The van der Waals surface area contributed by atoms with Crippen LogP contribution in [0.4, 0.5) is 0 Å². The molecule has 1 rings (SSSR count). The third-order valence-electron chi connectivity index (χ3n) is 3.34. The zero-order valence-corrected chi connectivity index (χ0v) is 15.5. The third kappa shape index (κ3) is 7.19. The van der Waals surface area contributed by atoms with E-state index < -0.39 is 6.04 Å². The van der Waals surface area contributed by atoms with Crippen LogP contribution < -0.4 is 20.7 Å². The first-order valence-corrected chi connectivity index (χ1v) is 7.95. The molecule has 6 nitrogen and oxygen atoms in total. The maximum absolute atomic E-state index is 12.3. The Morgan fingerprint density at radius 1 is 1.12 bits per heavy atom. The molecular formula is C17H28ClN3O3. The highest BCUT2D eigenvalue weighted by Gasteiger charge is 2.24. The van der Waals surface area contributed by atoms with Crippen molar-refractivity contribution >= 4 is 24.2 Å². The van der Waals surface area contributed by atoms with Crippen LogP contribution in [0.15, 0.2) is 24.3 Å². The topological polar surface area (TPSA) is 79.5 Å². The summed E-state index contributed by atoms with van der Waals surface area (Å²) in [5, 5.41) is 8.57. The second-order valence-corrected chi connectivity index (χ2v) is 5.55. The number of likely N-dealkylation sites (N-methyl/N-ethyl adjacent to an activating group) is 1. The molecule has 0 saturated carbocycles. The van der Waals surface area contributed by atoms with Crippen LogP contribution in [-0.2, 0) is 4.79 Å². The van der Waals surface area contributed by atoms with Crippen LogP contribution in [0.25, 0.3) is 0 Å². The van der Waals surface area contributed by atoms with Gasteiger partial charge in [-0.25, -0.2) is 0 Å². The standard InChI is InChI=1S/C17H27N3O3.ClH/c1-5-23-14-8-6-13(7-9-14)16(21)20-15(12(2)3)17(22)19-11-10-18-4;/h6-9,12,15,18H,5,10-11H2,1-4H3,(H,19,22)(H,20,21);1H. The van der Waals surface area contributed by atoms with Crippen molar-refractivity contribution in [1.82, 2.24) is 16.0 Å². The molecule has 3 N–H and O–H groups in total. The predicted molar refractivity (Wildman–Crippen MR) is 97.9 cm³/mol. The molecule has 24 heavy (non-hydrogen) atoms. The lowest BCUT2D eigenvalue weighted by Gasteiger charge is -2.21. The summed E-state index contributed by atoms with van der Waals surface area (Å²) in [6, 6.07) is 6.31. The Kier molecular flexibility index (Phi) is 10.8. The molecule has 0 aliphatic carbocycles. The fourth-order valence-corrected chi connectivity index (χ4v) is 2.05. The Morgan fingerprint density at radius 2 is 1.75 bits per heavy atom. The van der Waals surface area contributed by atoms with Gasteiger partial charge < -0.3 is 20.7 Å². The molecule has 1 aromatic rings. The molecule has 1 atom stereocenters. The van der Waals surface area contributed by atoms with E-state index in [1.54, 1.807) is 24.3 Å². The lowest BCUT2D eigenvalue weighted by Crippen LogP contribution is -2.50. The van der Waals surface area contributed by atoms with Gasteiger partial charge in [-0.1, -0.05) is 13.8 Å². The van der Waals surface area contributed by atoms with Crippen LogP contribution in [0.5, 0.6) is 5.75 Å². The molecule has 0 aliphatic rings. The van der Waals surface area contributed by atoms with Gasteiger partial charge in [0.2, 0.25) is 5.91 Å². The molecule has 1 aromatic carbocycles. The van der Waals surface area contributed by atoms with Crippen LogP contribution in [0.3, 0.4) is 0 Å². The number of ether oxygens (including phenoxy) is 1. The number of hydrogen-bond donors (Lipinski definition) is 3. The van der Waals surface area contributed by atoms with Crippen LogP contribution >= 0.6 is 12.4 Å². The SMILES string of the molecule is CCOc1ccc(C(=O)NC(C(=O)NCCNC)C(C)C)cc1.Cl. The molecule has 2 amide bonds. The zero-order valence-electron chi connectivity index (χ0n) is 14.7. The number of halogens is 1. The Morgan fingerprint density at radius 3 is 2.25 bits per heavy atom. The first-order valence-electron chi connectivity index (χ1n) is 7.95. The smallest absolute Gasteiger partial charge is 0.251 e. The summed E-state index contributed by atoms with van der Waals surface area (Å²) in [5.74, 6) is 0.274. The number of hydrogen-bond acceptors (Lipinski definition) is 4. The van der Waals surface area contributed by atoms with Crippen molar-refractivity contribution in [3.63, 3.8) is 0 Å². The first-order chi connectivity index (χ1) is 11.0. The second-order valence-electron chi connectivity index (χ2n) is 5.55. The van der Waals surface area contributed by atoms with E-state index >= 15 is 0 Å².